The van der Waals surface area contributed by atoms with Crippen molar-refractivity contribution in [1.82, 2.24) is 4.90 Å². The molecule has 0 aromatic carbocycles. The summed E-state index contributed by atoms with van der Waals surface area (Å²) in [6.45, 7) is 7.96. The number of likely N-dealkylation sites (tertiary alicyclic amines) is 1. The van der Waals surface area contributed by atoms with Crippen LogP contribution >= 0.6 is 0 Å². The van der Waals surface area contributed by atoms with E-state index in [4.69, 9.17) is 10.5 Å². The Hall–Kier alpha value is -0.610. The van der Waals surface area contributed by atoms with Crippen molar-refractivity contribution >= 4 is 5.97 Å². The smallest absolute Gasteiger partial charge is 0.305 e. The number of hydrogen-bond donors (Lipinski definition) is 1. The van der Waals surface area contributed by atoms with E-state index in [9.17, 15) is 4.79 Å². The minimum absolute atomic E-state index is 0.0601. The van der Waals surface area contributed by atoms with Crippen LogP contribution in [0.1, 0.15) is 46.0 Å². The number of nitrogens with two attached hydrogens (primary N) is 1. The molecule has 0 aliphatic carbocycles. The Morgan fingerprint density at radius 1 is 1.39 bits per heavy atom. The average molecular weight is 256 g/mol. The molecule has 1 aliphatic heterocycles. The molecule has 0 aromatic rings. The van der Waals surface area contributed by atoms with Crippen LogP contribution in [0.3, 0.4) is 0 Å². The van der Waals surface area contributed by atoms with E-state index in [1.807, 2.05) is 6.92 Å². The summed E-state index contributed by atoms with van der Waals surface area (Å²) in [5.74, 6) is 0.549. The van der Waals surface area contributed by atoms with Crippen molar-refractivity contribution < 1.29 is 9.53 Å². The summed E-state index contributed by atoms with van der Waals surface area (Å²) >= 11 is 0. The van der Waals surface area contributed by atoms with Gasteiger partial charge in [0, 0.05) is 19.0 Å². The van der Waals surface area contributed by atoms with Gasteiger partial charge in [0.1, 0.15) is 0 Å². The van der Waals surface area contributed by atoms with Gasteiger partial charge in [-0.15, -0.1) is 0 Å². The fourth-order valence-corrected chi connectivity index (χ4v) is 2.47. The Morgan fingerprint density at radius 2 is 2.17 bits per heavy atom. The lowest BCUT2D eigenvalue weighted by Gasteiger charge is -2.35. The summed E-state index contributed by atoms with van der Waals surface area (Å²) in [6, 6.07) is 0.380. The number of carbonyl (C=O) groups is 1. The highest BCUT2D eigenvalue weighted by molar-refractivity contribution is 5.69. The molecular weight excluding hydrogens is 228 g/mol. The van der Waals surface area contributed by atoms with Gasteiger partial charge in [-0.25, -0.2) is 0 Å². The molecule has 1 aliphatic rings. The molecular formula is C14H28N2O2. The molecule has 2 atom stereocenters. The average Bonchev–Trinajstić information content (AvgIpc) is 2.33. The van der Waals surface area contributed by atoms with E-state index in [0.717, 1.165) is 38.9 Å². The standard InChI is InChI=1S/C14H28N2O2/c1-3-18-14(17)7-5-4-6-9-16-10-8-13(15)12(2)11-16/h12-13H,3-11,15H2,1-2H3. The maximum absolute atomic E-state index is 11.1. The molecule has 4 heteroatoms. The molecule has 106 valence electrons. The SMILES string of the molecule is CCOC(=O)CCCCCN1CCC(N)C(C)C1. The lowest BCUT2D eigenvalue weighted by atomic mass is 9.94. The van der Waals surface area contributed by atoms with Gasteiger partial charge in [-0.2, -0.15) is 0 Å². The van der Waals surface area contributed by atoms with Crippen molar-refractivity contribution in [3.63, 3.8) is 0 Å². The van der Waals surface area contributed by atoms with E-state index in [1.165, 1.54) is 6.42 Å². The van der Waals surface area contributed by atoms with Gasteiger partial charge in [0.25, 0.3) is 0 Å². The van der Waals surface area contributed by atoms with Crippen molar-refractivity contribution in [2.45, 2.75) is 52.0 Å². The third-order valence-corrected chi connectivity index (χ3v) is 3.72. The molecule has 18 heavy (non-hydrogen) atoms. The molecule has 0 spiro atoms. The van der Waals surface area contributed by atoms with Gasteiger partial charge in [0.2, 0.25) is 0 Å². The summed E-state index contributed by atoms with van der Waals surface area (Å²) < 4.78 is 4.90. The molecule has 2 N–H and O–H groups in total. The van der Waals surface area contributed by atoms with Crippen LogP contribution in [-0.2, 0) is 9.53 Å². The summed E-state index contributed by atoms with van der Waals surface area (Å²) in [5, 5.41) is 0. The predicted molar refractivity (Wildman–Crippen MR) is 73.3 cm³/mol. The Balaban J connectivity index is 1.99. The molecule has 1 rings (SSSR count). The van der Waals surface area contributed by atoms with E-state index in [0.29, 0.717) is 25.0 Å². The van der Waals surface area contributed by atoms with Crippen LogP contribution in [0.4, 0.5) is 0 Å². The minimum atomic E-state index is -0.0601. The second kappa shape index (κ2) is 8.48. The maximum atomic E-state index is 11.1. The van der Waals surface area contributed by atoms with Crippen LogP contribution in [0.2, 0.25) is 0 Å². The third-order valence-electron chi connectivity index (χ3n) is 3.72. The van der Waals surface area contributed by atoms with Crippen LogP contribution < -0.4 is 5.73 Å². The van der Waals surface area contributed by atoms with Crippen molar-refractivity contribution in [2.75, 3.05) is 26.2 Å². The highest BCUT2D eigenvalue weighted by Gasteiger charge is 2.22. The van der Waals surface area contributed by atoms with Crippen LogP contribution in [0.15, 0.2) is 0 Å². The van der Waals surface area contributed by atoms with Gasteiger partial charge in [0.05, 0.1) is 6.61 Å². The highest BCUT2D eigenvalue weighted by Crippen LogP contribution is 2.15. The zero-order chi connectivity index (χ0) is 13.4. The number of carbonyl (C=O) groups excluding carboxylic acids is 1. The number of esters is 1. The molecule has 4 nitrogen and oxygen atoms in total. The van der Waals surface area contributed by atoms with E-state index < -0.39 is 0 Å². The molecule has 0 bridgehead atoms. The van der Waals surface area contributed by atoms with Gasteiger partial charge in [-0.3, -0.25) is 4.79 Å². The van der Waals surface area contributed by atoms with E-state index in [2.05, 4.69) is 11.8 Å². The van der Waals surface area contributed by atoms with E-state index >= 15 is 0 Å². The largest absolute Gasteiger partial charge is 0.466 e. The zero-order valence-electron chi connectivity index (χ0n) is 11.9. The first-order valence-electron chi connectivity index (χ1n) is 7.27. The van der Waals surface area contributed by atoms with Gasteiger partial charge in [0.15, 0.2) is 0 Å². The first-order valence-corrected chi connectivity index (χ1v) is 7.27. The van der Waals surface area contributed by atoms with Gasteiger partial charge < -0.3 is 15.4 Å². The number of rotatable bonds is 7. The maximum Gasteiger partial charge on any atom is 0.305 e. The van der Waals surface area contributed by atoms with E-state index in [1.54, 1.807) is 0 Å². The fourth-order valence-electron chi connectivity index (χ4n) is 2.47. The summed E-state index contributed by atoms with van der Waals surface area (Å²) in [6.07, 6.45) is 4.90. The molecule has 2 unspecified atom stereocenters. The first-order chi connectivity index (χ1) is 8.63. The molecule has 1 heterocycles. The summed E-state index contributed by atoms with van der Waals surface area (Å²) in [5.41, 5.74) is 6.00. The quantitative estimate of drug-likeness (QED) is 0.557. The number of hydrogen-bond acceptors (Lipinski definition) is 4. The number of nitrogens with zero attached hydrogens (tertiary/aromatic N) is 1. The molecule has 0 aromatic heterocycles. The molecule has 0 amide bonds. The second-order valence-electron chi connectivity index (χ2n) is 5.35. The van der Waals surface area contributed by atoms with Gasteiger partial charge in [-0.1, -0.05) is 13.3 Å². The van der Waals surface area contributed by atoms with Crippen molar-refractivity contribution in [1.29, 1.82) is 0 Å². The normalized spacial score (nSPS) is 25.1. The Bertz CT molecular complexity index is 246. The monoisotopic (exact) mass is 256 g/mol. The zero-order valence-corrected chi connectivity index (χ0v) is 11.9. The topological polar surface area (TPSA) is 55.6 Å². The summed E-state index contributed by atoms with van der Waals surface area (Å²) in [7, 11) is 0. The van der Waals surface area contributed by atoms with Crippen molar-refractivity contribution in [3.05, 3.63) is 0 Å². The fraction of sp³-hybridized carbons (Fsp3) is 0.929. The van der Waals surface area contributed by atoms with Crippen LogP contribution in [0.25, 0.3) is 0 Å². The number of ether oxygens (including phenoxy) is 1. The molecule has 0 radical (unpaired) electrons. The molecule has 1 fully saturated rings. The van der Waals surface area contributed by atoms with Crippen LogP contribution in [0.5, 0.6) is 0 Å². The van der Waals surface area contributed by atoms with Crippen molar-refractivity contribution in [2.24, 2.45) is 11.7 Å². The minimum Gasteiger partial charge on any atom is -0.466 e. The van der Waals surface area contributed by atoms with Crippen molar-refractivity contribution in [3.8, 4) is 0 Å². The Labute approximate surface area is 111 Å². The van der Waals surface area contributed by atoms with E-state index in [-0.39, 0.29) is 5.97 Å². The third kappa shape index (κ3) is 5.83. The second-order valence-corrected chi connectivity index (χ2v) is 5.35. The molecule has 1 saturated heterocycles. The van der Waals surface area contributed by atoms with Gasteiger partial charge in [-0.05, 0) is 45.2 Å². The lowest BCUT2D eigenvalue weighted by Crippen LogP contribution is -2.46. The predicted octanol–water partition coefficient (Wildman–Crippen LogP) is 1.78. The molecule has 0 saturated carbocycles. The highest BCUT2D eigenvalue weighted by atomic mass is 16.5. The summed E-state index contributed by atoms with van der Waals surface area (Å²) in [4.78, 5) is 13.6. The lowest BCUT2D eigenvalue weighted by molar-refractivity contribution is -0.143. The van der Waals surface area contributed by atoms with Gasteiger partial charge >= 0.3 is 5.97 Å². The Kier molecular flexibility index (Phi) is 7.28. The number of piperidine rings is 1. The first kappa shape index (κ1) is 15.4. The van der Waals surface area contributed by atoms with Crippen LogP contribution in [0, 0.1) is 5.92 Å². The number of unbranched alkanes of at least 4 members (excludes halogenated alkanes) is 2. The Morgan fingerprint density at radius 3 is 2.83 bits per heavy atom. The van der Waals surface area contributed by atoms with Crippen LogP contribution in [-0.4, -0.2) is 43.2 Å².